The highest BCUT2D eigenvalue weighted by Gasteiger charge is 2.13. The average molecular weight is 282 g/mol. The Hall–Kier alpha value is -1.98. The van der Waals surface area contributed by atoms with Crippen LogP contribution in [0.1, 0.15) is 44.3 Å². The maximum atomic E-state index is 11.6. The third-order valence-electron chi connectivity index (χ3n) is 3.06. The van der Waals surface area contributed by atoms with Crippen LogP contribution in [-0.2, 0) is 4.79 Å². The molecule has 0 spiro atoms. The molecule has 3 N–H and O–H groups in total. The minimum atomic E-state index is -0.809. The standard InChI is InChI=1S/C14H22N2O4/c1-9(13(17)18)5-4-8-15-14(19)16-11(3)12-7-6-10(2)20-12/h6-7,9,11H,4-5,8H2,1-3H3,(H,17,18)(H2,15,16,19). The van der Waals surface area contributed by atoms with Crippen LogP contribution in [0.2, 0.25) is 0 Å². The van der Waals surface area contributed by atoms with Crippen LogP contribution in [0.3, 0.4) is 0 Å². The second kappa shape index (κ2) is 7.57. The summed E-state index contributed by atoms with van der Waals surface area (Å²) in [7, 11) is 0. The predicted octanol–water partition coefficient (Wildman–Crippen LogP) is 2.45. The molecule has 1 heterocycles. The number of aliphatic carboxylic acids is 1. The van der Waals surface area contributed by atoms with Gasteiger partial charge in [-0.2, -0.15) is 0 Å². The molecule has 0 aromatic carbocycles. The fourth-order valence-corrected chi connectivity index (χ4v) is 1.74. The first-order valence-corrected chi connectivity index (χ1v) is 6.73. The van der Waals surface area contributed by atoms with Gasteiger partial charge in [0.25, 0.3) is 0 Å². The summed E-state index contributed by atoms with van der Waals surface area (Å²) in [6.45, 7) is 5.79. The molecule has 6 heteroatoms. The number of carbonyl (C=O) groups excluding carboxylic acids is 1. The molecule has 0 bridgehead atoms. The number of amides is 2. The molecule has 2 atom stereocenters. The van der Waals surface area contributed by atoms with Crippen LogP contribution in [0.15, 0.2) is 16.5 Å². The summed E-state index contributed by atoms with van der Waals surface area (Å²) in [6, 6.07) is 3.18. The molecule has 112 valence electrons. The molecule has 2 amide bonds. The highest BCUT2D eigenvalue weighted by Crippen LogP contribution is 2.15. The predicted molar refractivity (Wildman–Crippen MR) is 74.4 cm³/mol. The van der Waals surface area contributed by atoms with Gasteiger partial charge in [0, 0.05) is 6.54 Å². The molecule has 0 fully saturated rings. The summed E-state index contributed by atoms with van der Waals surface area (Å²) in [4.78, 5) is 22.3. The van der Waals surface area contributed by atoms with Crippen molar-refractivity contribution in [1.29, 1.82) is 0 Å². The number of carboxylic acids is 1. The smallest absolute Gasteiger partial charge is 0.315 e. The zero-order chi connectivity index (χ0) is 15.1. The molecule has 0 radical (unpaired) electrons. The van der Waals surface area contributed by atoms with Gasteiger partial charge in [0.15, 0.2) is 0 Å². The Labute approximate surface area is 118 Å². The van der Waals surface area contributed by atoms with Gasteiger partial charge in [-0.25, -0.2) is 4.79 Å². The minimum Gasteiger partial charge on any atom is -0.481 e. The average Bonchev–Trinajstić information content (AvgIpc) is 2.81. The third kappa shape index (κ3) is 5.34. The molecule has 1 aromatic heterocycles. The zero-order valence-electron chi connectivity index (χ0n) is 12.1. The van der Waals surface area contributed by atoms with E-state index in [0.717, 1.165) is 5.76 Å². The van der Waals surface area contributed by atoms with Crippen LogP contribution < -0.4 is 10.6 Å². The summed E-state index contributed by atoms with van der Waals surface area (Å²) in [5, 5.41) is 14.2. The summed E-state index contributed by atoms with van der Waals surface area (Å²) >= 11 is 0. The maximum absolute atomic E-state index is 11.6. The highest BCUT2D eigenvalue weighted by atomic mass is 16.4. The summed E-state index contributed by atoms with van der Waals surface area (Å²) in [5.74, 6) is 0.315. The van der Waals surface area contributed by atoms with Gasteiger partial charge in [-0.05, 0) is 38.8 Å². The van der Waals surface area contributed by atoms with E-state index in [9.17, 15) is 9.59 Å². The van der Waals surface area contributed by atoms with Crippen molar-refractivity contribution < 1.29 is 19.1 Å². The van der Waals surface area contributed by atoms with Gasteiger partial charge in [-0.1, -0.05) is 6.92 Å². The number of nitrogens with one attached hydrogen (secondary N) is 2. The fraction of sp³-hybridized carbons (Fsp3) is 0.571. The lowest BCUT2D eigenvalue weighted by Crippen LogP contribution is -2.37. The van der Waals surface area contributed by atoms with E-state index in [4.69, 9.17) is 9.52 Å². The lowest BCUT2D eigenvalue weighted by molar-refractivity contribution is -0.141. The Kier molecular flexibility index (Phi) is 6.09. The number of aryl methyl sites for hydroxylation is 1. The van der Waals surface area contributed by atoms with Gasteiger partial charge >= 0.3 is 12.0 Å². The molecule has 20 heavy (non-hydrogen) atoms. The van der Waals surface area contributed by atoms with Gasteiger partial charge in [-0.15, -0.1) is 0 Å². The molecule has 2 unspecified atom stereocenters. The Bertz CT molecular complexity index is 456. The molecule has 0 saturated carbocycles. The van der Waals surface area contributed by atoms with Crippen molar-refractivity contribution in [3.8, 4) is 0 Å². The van der Waals surface area contributed by atoms with Crippen molar-refractivity contribution in [3.63, 3.8) is 0 Å². The minimum absolute atomic E-state index is 0.207. The Morgan fingerprint density at radius 3 is 2.60 bits per heavy atom. The first kappa shape index (κ1) is 16.1. The van der Waals surface area contributed by atoms with Crippen LogP contribution in [0.4, 0.5) is 4.79 Å². The number of furan rings is 1. The quantitative estimate of drug-likeness (QED) is 0.670. The van der Waals surface area contributed by atoms with Gasteiger partial charge in [0.05, 0.1) is 12.0 Å². The van der Waals surface area contributed by atoms with Crippen LogP contribution in [-0.4, -0.2) is 23.7 Å². The monoisotopic (exact) mass is 282 g/mol. The SMILES string of the molecule is Cc1ccc(C(C)NC(=O)NCCCC(C)C(=O)O)o1. The van der Waals surface area contributed by atoms with E-state index >= 15 is 0 Å². The Morgan fingerprint density at radius 1 is 1.35 bits per heavy atom. The second-order valence-electron chi connectivity index (χ2n) is 4.95. The van der Waals surface area contributed by atoms with Crippen LogP contribution in [0.25, 0.3) is 0 Å². The van der Waals surface area contributed by atoms with Crippen LogP contribution in [0, 0.1) is 12.8 Å². The van der Waals surface area contributed by atoms with Crippen molar-refractivity contribution in [2.45, 2.75) is 39.7 Å². The molecule has 1 rings (SSSR count). The van der Waals surface area contributed by atoms with E-state index < -0.39 is 5.97 Å². The third-order valence-corrected chi connectivity index (χ3v) is 3.06. The first-order chi connectivity index (χ1) is 9.40. The second-order valence-corrected chi connectivity index (χ2v) is 4.95. The number of hydrogen-bond acceptors (Lipinski definition) is 3. The summed E-state index contributed by atoms with van der Waals surface area (Å²) in [6.07, 6.45) is 1.18. The van der Waals surface area contributed by atoms with Crippen molar-refractivity contribution >= 4 is 12.0 Å². The molecule has 0 aliphatic rings. The molecule has 1 aromatic rings. The number of rotatable bonds is 7. The molecule has 6 nitrogen and oxygen atoms in total. The van der Waals surface area contributed by atoms with E-state index in [2.05, 4.69) is 10.6 Å². The summed E-state index contributed by atoms with van der Waals surface area (Å²) in [5.41, 5.74) is 0. The highest BCUT2D eigenvalue weighted by molar-refractivity contribution is 5.74. The van der Waals surface area contributed by atoms with E-state index in [1.165, 1.54) is 0 Å². The van der Waals surface area contributed by atoms with Gasteiger partial charge < -0.3 is 20.2 Å². The fourth-order valence-electron chi connectivity index (χ4n) is 1.74. The molecular formula is C14H22N2O4. The van der Waals surface area contributed by atoms with Crippen LogP contribution >= 0.6 is 0 Å². The number of carboxylic acid groups (broad SMARTS) is 1. The van der Waals surface area contributed by atoms with Crippen molar-refractivity contribution in [2.24, 2.45) is 5.92 Å². The lowest BCUT2D eigenvalue weighted by Gasteiger charge is -2.13. The zero-order valence-corrected chi connectivity index (χ0v) is 12.1. The molecule has 0 aliphatic heterocycles. The van der Waals surface area contributed by atoms with Crippen LogP contribution in [0.5, 0.6) is 0 Å². The Morgan fingerprint density at radius 2 is 2.05 bits per heavy atom. The van der Waals surface area contributed by atoms with Gasteiger partial charge in [0.1, 0.15) is 11.5 Å². The molecule has 0 aliphatic carbocycles. The number of hydrogen-bond donors (Lipinski definition) is 3. The Balaban J connectivity index is 2.22. The van der Waals surface area contributed by atoms with Crippen molar-refractivity contribution in [3.05, 3.63) is 23.7 Å². The maximum Gasteiger partial charge on any atom is 0.315 e. The normalized spacial score (nSPS) is 13.6. The molecular weight excluding hydrogens is 260 g/mol. The van der Waals surface area contributed by atoms with Crippen molar-refractivity contribution in [1.82, 2.24) is 10.6 Å². The van der Waals surface area contributed by atoms with Gasteiger partial charge in [0.2, 0.25) is 0 Å². The van der Waals surface area contributed by atoms with Crippen molar-refractivity contribution in [2.75, 3.05) is 6.54 Å². The van der Waals surface area contributed by atoms with E-state index in [0.29, 0.717) is 25.1 Å². The summed E-state index contributed by atoms with van der Waals surface area (Å²) < 4.78 is 5.42. The van der Waals surface area contributed by atoms with E-state index in [-0.39, 0.29) is 18.0 Å². The van der Waals surface area contributed by atoms with Gasteiger partial charge in [-0.3, -0.25) is 4.79 Å². The topological polar surface area (TPSA) is 91.6 Å². The van der Waals surface area contributed by atoms with E-state index in [1.807, 2.05) is 26.0 Å². The first-order valence-electron chi connectivity index (χ1n) is 6.73. The largest absolute Gasteiger partial charge is 0.481 e. The number of carbonyl (C=O) groups is 2. The molecule has 0 saturated heterocycles. The lowest BCUT2D eigenvalue weighted by atomic mass is 10.1. The number of urea groups is 1. The van der Waals surface area contributed by atoms with E-state index in [1.54, 1.807) is 6.92 Å².